The third-order valence-corrected chi connectivity index (χ3v) is 6.25. The molecule has 0 amide bonds. The molecular formula is C24H23N. The molecule has 0 spiro atoms. The summed E-state index contributed by atoms with van der Waals surface area (Å²) in [6.07, 6.45) is 2.46. The second-order valence-electron chi connectivity index (χ2n) is 7.45. The highest BCUT2D eigenvalue weighted by Crippen LogP contribution is 2.60. The van der Waals surface area contributed by atoms with Crippen LogP contribution in [0.15, 0.2) is 91.0 Å². The maximum atomic E-state index is 4.05. The van der Waals surface area contributed by atoms with Crippen molar-refractivity contribution in [1.29, 1.82) is 0 Å². The molecule has 1 heteroatoms. The molecule has 2 aliphatic rings. The summed E-state index contributed by atoms with van der Waals surface area (Å²) in [6.45, 7) is 0. The molecule has 3 aromatic carbocycles. The number of hydrogen-bond acceptors (Lipinski definition) is 1. The highest BCUT2D eigenvalue weighted by Gasteiger charge is 2.58. The molecule has 0 unspecified atom stereocenters. The number of rotatable bonds is 3. The summed E-state index contributed by atoms with van der Waals surface area (Å²) < 4.78 is 0. The van der Waals surface area contributed by atoms with Gasteiger partial charge in [0.25, 0.3) is 0 Å². The lowest BCUT2D eigenvalue weighted by Gasteiger charge is -2.39. The van der Waals surface area contributed by atoms with Crippen LogP contribution in [0.4, 0.5) is 0 Å². The Morgan fingerprint density at radius 2 is 1.24 bits per heavy atom. The summed E-state index contributed by atoms with van der Waals surface area (Å²) in [5.41, 5.74) is 4.40. The van der Waals surface area contributed by atoms with Crippen LogP contribution in [0.5, 0.6) is 0 Å². The van der Waals surface area contributed by atoms with Crippen molar-refractivity contribution >= 4 is 0 Å². The molecule has 124 valence electrons. The second-order valence-corrected chi connectivity index (χ2v) is 7.45. The van der Waals surface area contributed by atoms with Crippen molar-refractivity contribution in [3.8, 4) is 0 Å². The number of benzene rings is 3. The molecule has 2 saturated heterocycles. The molecule has 4 atom stereocenters. The molecule has 0 radical (unpaired) electrons. The molecule has 3 aromatic rings. The van der Waals surface area contributed by atoms with Crippen molar-refractivity contribution in [2.75, 3.05) is 0 Å². The average Bonchev–Trinajstić information content (AvgIpc) is 3.28. The lowest BCUT2D eigenvalue weighted by molar-refractivity contribution is 0.325. The van der Waals surface area contributed by atoms with E-state index in [0.29, 0.717) is 17.9 Å². The van der Waals surface area contributed by atoms with Crippen molar-refractivity contribution in [3.63, 3.8) is 0 Å². The maximum absolute atomic E-state index is 4.05. The quantitative estimate of drug-likeness (QED) is 0.696. The minimum atomic E-state index is 0.0494. The maximum Gasteiger partial charge on any atom is 0.0513 e. The minimum absolute atomic E-state index is 0.0494. The van der Waals surface area contributed by atoms with Crippen LogP contribution in [0.3, 0.4) is 0 Å². The zero-order valence-electron chi connectivity index (χ0n) is 14.3. The van der Waals surface area contributed by atoms with E-state index in [4.69, 9.17) is 0 Å². The van der Waals surface area contributed by atoms with Crippen LogP contribution in [0.2, 0.25) is 0 Å². The van der Waals surface area contributed by atoms with Crippen molar-refractivity contribution in [1.82, 2.24) is 5.32 Å². The van der Waals surface area contributed by atoms with Crippen molar-refractivity contribution in [2.45, 2.75) is 36.3 Å². The van der Waals surface area contributed by atoms with Gasteiger partial charge in [-0.1, -0.05) is 91.0 Å². The van der Waals surface area contributed by atoms with Gasteiger partial charge in [-0.25, -0.2) is 0 Å². The summed E-state index contributed by atoms with van der Waals surface area (Å²) >= 11 is 0. The smallest absolute Gasteiger partial charge is 0.0513 e. The Morgan fingerprint density at radius 3 is 1.88 bits per heavy atom. The van der Waals surface area contributed by atoms with Gasteiger partial charge in [0.2, 0.25) is 0 Å². The molecule has 1 N–H and O–H groups in total. The van der Waals surface area contributed by atoms with Crippen LogP contribution in [-0.2, 0) is 5.54 Å². The fourth-order valence-electron chi connectivity index (χ4n) is 5.31. The van der Waals surface area contributed by atoms with Crippen LogP contribution < -0.4 is 5.32 Å². The zero-order valence-corrected chi connectivity index (χ0v) is 14.3. The molecule has 2 bridgehead atoms. The van der Waals surface area contributed by atoms with Crippen LogP contribution in [0.25, 0.3) is 0 Å². The summed E-state index contributed by atoms with van der Waals surface area (Å²) in [7, 11) is 0. The Morgan fingerprint density at radius 1 is 0.680 bits per heavy atom. The SMILES string of the molecule is c1ccc([C@@H]2[C@H]3CC[C@](c4ccccc4)(N3)[C@H]2c2ccccc2)cc1. The first-order chi connectivity index (χ1) is 12.4. The van der Waals surface area contributed by atoms with Crippen molar-refractivity contribution in [2.24, 2.45) is 0 Å². The molecule has 25 heavy (non-hydrogen) atoms. The van der Waals surface area contributed by atoms with Crippen LogP contribution in [-0.4, -0.2) is 6.04 Å². The first-order valence-electron chi connectivity index (χ1n) is 9.32. The minimum Gasteiger partial charge on any atom is -0.303 e. The van der Waals surface area contributed by atoms with Crippen LogP contribution in [0, 0.1) is 0 Å². The standard InChI is InChI=1S/C24H23N/c1-4-10-18(11-5-1)22-21-16-17-24(25-21,20-14-8-3-9-15-20)23(22)19-12-6-2-7-13-19/h1-15,21-23,25H,16-17H2/t21-,22-,23+,24-/m1/s1. The predicted octanol–water partition coefficient (Wildman–Crippen LogP) is 5.22. The second kappa shape index (κ2) is 5.86. The van der Waals surface area contributed by atoms with Crippen molar-refractivity contribution in [3.05, 3.63) is 108 Å². The number of hydrogen-bond donors (Lipinski definition) is 1. The molecule has 0 saturated carbocycles. The van der Waals surface area contributed by atoms with Gasteiger partial charge >= 0.3 is 0 Å². The summed E-state index contributed by atoms with van der Waals surface area (Å²) in [5.74, 6) is 0.995. The molecule has 0 aromatic heterocycles. The summed E-state index contributed by atoms with van der Waals surface area (Å²) in [6, 6.07) is 33.8. The van der Waals surface area contributed by atoms with Gasteiger partial charge in [-0.2, -0.15) is 0 Å². The number of fused-ring (bicyclic) bond motifs is 2. The van der Waals surface area contributed by atoms with Gasteiger partial charge in [-0.3, -0.25) is 0 Å². The molecule has 5 rings (SSSR count). The topological polar surface area (TPSA) is 12.0 Å². The van der Waals surface area contributed by atoms with Crippen LogP contribution >= 0.6 is 0 Å². The largest absolute Gasteiger partial charge is 0.303 e. The normalized spacial score (nSPS) is 30.5. The van der Waals surface area contributed by atoms with E-state index in [0.717, 1.165) is 0 Å². The van der Waals surface area contributed by atoms with Gasteiger partial charge in [0.05, 0.1) is 5.54 Å². The fraction of sp³-hybridized carbons (Fsp3) is 0.250. The highest BCUT2D eigenvalue weighted by molar-refractivity contribution is 5.44. The lowest BCUT2D eigenvalue weighted by Crippen LogP contribution is -2.38. The Labute approximate surface area is 149 Å². The monoisotopic (exact) mass is 325 g/mol. The lowest BCUT2D eigenvalue weighted by atomic mass is 9.64. The van der Waals surface area contributed by atoms with Gasteiger partial charge < -0.3 is 5.32 Å². The van der Waals surface area contributed by atoms with E-state index in [2.05, 4.69) is 96.3 Å². The van der Waals surface area contributed by atoms with Gasteiger partial charge in [-0.05, 0) is 29.5 Å². The summed E-state index contributed by atoms with van der Waals surface area (Å²) in [4.78, 5) is 0. The third kappa shape index (κ3) is 2.26. The predicted molar refractivity (Wildman–Crippen MR) is 103 cm³/mol. The highest BCUT2D eigenvalue weighted by atomic mass is 15.1. The Hall–Kier alpha value is -2.38. The number of nitrogens with one attached hydrogen (secondary N) is 1. The van der Waals surface area contributed by atoms with E-state index in [-0.39, 0.29) is 5.54 Å². The van der Waals surface area contributed by atoms with Gasteiger partial charge in [0.1, 0.15) is 0 Å². The molecule has 2 heterocycles. The fourth-order valence-corrected chi connectivity index (χ4v) is 5.31. The summed E-state index contributed by atoms with van der Waals surface area (Å²) in [5, 5.41) is 4.05. The first kappa shape index (κ1) is 14.9. The molecular weight excluding hydrogens is 302 g/mol. The molecule has 2 fully saturated rings. The van der Waals surface area contributed by atoms with E-state index in [1.165, 1.54) is 29.5 Å². The van der Waals surface area contributed by atoms with Crippen LogP contribution in [0.1, 0.15) is 41.4 Å². The zero-order chi connectivity index (χ0) is 16.7. The third-order valence-electron chi connectivity index (χ3n) is 6.25. The van der Waals surface area contributed by atoms with E-state index >= 15 is 0 Å². The Bertz CT molecular complexity index is 843. The average molecular weight is 325 g/mol. The Balaban J connectivity index is 1.69. The van der Waals surface area contributed by atoms with E-state index < -0.39 is 0 Å². The van der Waals surface area contributed by atoms with Gasteiger partial charge in [-0.15, -0.1) is 0 Å². The molecule has 1 nitrogen and oxygen atoms in total. The Kier molecular flexibility index (Phi) is 3.50. The van der Waals surface area contributed by atoms with E-state index in [9.17, 15) is 0 Å². The van der Waals surface area contributed by atoms with Crippen molar-refractivity contribution < 1.29 is 0 Å². The van der Waals surface area contributed by atoms with E-state index in [1.807, 2.05) is 0 Å². The molecule has 0 aliphatic carbocycles. The van der Waals surface area contributed by atoms with Gasteiger partial charge in [0, 0.05) is 17.9 Å². The first-order valence-corrected chi connectivity index (χ1v) is 9.32. The van der Waals surface area contributed by atoms with E-state index in [1.54, 1.807) is 0 Å². The molecule has 2 aliphatic heterocycles. The van der Waals surface area contributed by atoms with Gasteiger partial charge in [0.15, 0.2) is 0 Å².